The van der Waals surface area contributed by atoms with E-state index in [1.807, 2.05) is 0 Å². The quantitative estimate of drug-likeness (QED) is 0.764. The molecular weight excluding hydrogens is 244 g/mol. The molecule has 3 unspecified atom stereocenters. The van der Waals surface area contributed by atoms with Gasteiger partial charge in [0.15, 0.2) is 0 Å². The first-order chi connectivity index (χ1) is 9.74. The number of nitrogens with one attached hydrogen (secondary N) is 1. The fourth-order valence-electron chi connectivity index (χ4n) is 4.03. The largest absolute Gasteiger partial charge is 0.312 e. The molecule has 1 aliphatic heterocycles. The lowest BCUT2D eigenvalue weighted by molar-refractivity contribution is 0.0924. The summed E-state index contributed by atoms with van der Waals surface area (Å²) in [5, 5.41) is 3.91. The van der Waals surface area contributed by atoms with Crippen LogP contribution in [0.25, 0.3) is 0 Å². The van der Waals surface area contributed by atoms with Crippen LogP contribution in [0, 0.1) is 17.8 Å². The summed E-state index contributed by atoms with van der Waals surface area (Å²) in [7, 11) is 0. The average Bonchev–Trinajstić information content (AvgIpc) is 3.19. The van der Waals surface area contributed by atoms with Crippen LogP contribution in [0.1, 0.15) is 65.2 Å². The van der Waals surface area contributed by atoms with Gasteiger partial charge in [0.1, 0.15) is 0 Å². The summed E-state index contributed by atoms with van der Waals surface area (Å²) in [5.41, 5.74) is 0. The summed E-state index contributed by atoms with van der Waals surface area (Å²) < 4.78 is 0. The summed E-state index contributed by atoms with van der Waals surface area (Å²) in [6.45, 7) is 8.71. The molecular formula is C18H34N2. The van der Waals surface area contributed by atoms with Crippen molar-refractivity contribution in [1.82, 2.24) is 10.2 Å². The Labute approximate surface area is 125 Å². The van der Waals surface area contributed by atoms with Gasteiger partial charge in [0.2, 0.25) is 0 Å². The number of hydrogen-bond donors (Lipinski definition) is 1. The van der Waals surface area contributed by atoms with Crippen LogP contribution in [0.15, 0.2) is 0 Å². The Hall–Kier alpha value is -0.0800. The summed E-state index contributed by atoms with van der Waals surface area (Å²) >= 11 is 0. The van der Waals surface area contributed by atoms with Gasteiger partial charge in [-0.1, -0.05) is 26.2 Å². The van der Waals surface area contributed by atoms with Crippen LogP contribution in [-0.2, 0) is 0 Å². The molecule has 3 aliphatic rings. The zero-order chi connectivity index (χ0) is 13.9. The van der Waals surface area contributed by atoms with Crippen molar-refractivity contribution < 1.29 is 0 Å². The van der Waals surface area contributed by atoms with Gasteiger partial charge in [-0.3, -0.25) is 4.90 Å². The number of hydrogen-bond acceptors (Lipinski definition) is 2. The maximum atomic E-state index is 3.91. The van der Waals surface area contributed by atoms with Crippen LogP contribution in [0.5, 0.6) is 0 Å². The van der Waals surface area contributed by atoms with Crippen molar-refractivity contribution in [3.05, 3.63) is 0 Å². The molecule has 3 rings (SSSR count). The molecule has 2 heteroatoms. The topological polar surface area (TPSA) is 15.3 Å². The van der Waals surface area contributed by atoms with Crippen molar-refractivity contribution in [2.75, 3.05) is 19.6 Å². The van der Waals surface area contributed by atoms with Crippen LogP contribution in [0.4, 0.5) is 0 Å². The van der Waals surface area contributed by atoms with Gasteiger partial charge in [-0.05, 0) is 63.3 Å². The normalized spacial score (nSPS) is 33.9. The van der Waals surface area contributed by atoms with Gasteiger partial charge in [0.05, 0.1) is 0 Å². The van der Waals surface area contributed by atoms with Crippen LogP contribution in [-0.4, -0.2) is 36.6 Å². The van der Waals surface area contributed by atoms with Crippen LogP contribution >= 0.6 is 0 Å². The minimum atomic E-state index is 0.766. The predicted octanol–water partition coefficient (Wildman–Crippen LogP) is 3.67. The van der Waals surface area contributed by atoms with Crippen molar-refractivity contribution in [2.24, 2.45) is 17.8 Å². The van der Waals surface area contributed by atoms with Gasteiger partial charge in [-0.25, -0.2) is 0 Å². The highest BCUT2D eigenvalue weighted by molar-refractivity contribution is 4.89. The first-order valence-electron chi connectivity index (χ1n) is 9.22. The molecule has 0 aromatic rings. The number of likely N-dealkylation sites (tertiary alicyclic amines) is 1. The monoisotopic (exact) mass is 278 g/mol. The molecule has 116 valence electrons. The lowest BCUT2D eigenvalue weighted by Gasteiger charge is -2.42. The highest BCUT2D eigenvalue weighted by Crippen LogP contribution is 2.38. The molecule has 1 N–H and O–H groups in total. The molecule has 2 nitrogen and oxygen atoms in total. The lowest BCUT2D eigenvalue weighted by Crippen LogP contribution is -2.53. The third-order valence-corrected chi connectivity index (χ3v) is 6.06. The maximum Gasteiger partial charge on any atom is 0.0198 e. The van der Waals surface area contributed by atoms with Gasteiger partial charge in [-0.15, -0.1) is 0 Å². The number of piperidine rings is 1. The Morgan fingerprint density at radius 2 is 1.85 bits per heavy atom. The minimum absolute atomic E-state index is 0.766. The van der Waals surface area contributed by atoms with Crippen molar-refractivity contribution >= 4 is 0 Å². The first-order valence-corrected chi connectivity index (χ1v) is 9.22. The molecule has 0 spiro atoms. The second-order valence-corrected chi connectivity index (χ2v) is 7.89. The molecule has 2 saturated carbocycles. The molecule has 0 amide bonds. The molecule has 0 aromatic carbocycles. The molecule has 2 aliphatic carbocycles. The van der Waals surface area contributed by atoms with Crippen molar-refractivity contribution in [3.63, 3.8) is 0 Å². The molecule has 0 bridgehead atoms. The Balaban J connectivity index is 1.50. The van der Waals surface area contributed by atoms with Gasteiger partial charge in [0.25, 0.3) is 0 Å². The second-order valence-electron chi connectivity index (χ2n) is 7.89. The van der Waals surface area contributed by atoms with E-state index in [-0.39, 0.29) is 0 Å². The van der Waals surface area contributed by atoms with E-state index in [0.717, 1.165) is 29.8 Å². The molecule has 0 radical (unpaired) electrons. The van der Waals surface area contributed by atoms with Crippen LogP contribution < -0.4 is 5.32 Å². The summed E-state index contributed by atoms with van der Waals surface area (Å²) in [5.74, 6) is 3.05. The Morgan fingerprint density at radius 3 is 2.45 bits per heavy atom. The Morgan fingerprint density at radius 1 is 1.05 bits per heavy atom. The van der Waals surface area contributed by atoms with E-state index in [0.29, 0.717) is 0 Å². The van der Waals surface area contributed by atoms with Crippen molar-refractivity contribution in [3.8, 4) is 0 Å². The van der Waals surface area contributed by atoms with Gasteiger partial charge < -0.3 is 5.32 Å². The predicted molar refractivity (Wildman–Crippen MR) is 85.9 cm³/mol. The molecule has 3 atom stereocenters. The molecule has 20 heavy (non-hydrogen) atoms. The third kappa shape index (κ3) is 3.98. The highest BCUT2D eigenvalue weighted by atomic mass is 15.2. The molecule has 0 aromatic heterocycles. The molecule has 1 saturated heterocycles. The van der Waals surface area contributed by atoms with E-state index >= 15 is 0 Å². The van der Waals surface area contributed by atoms with Gasteiger partial charge in [0, 0.05) is 25.2 Å². The summed E-state index contributed by atoms with van der Waals surface area (Å²) in [6, 6.07) is 1.53. The van der Waals surface area contributed by atoms with Crippen molar-refractivity contribution in [1.29, 1.82) is 0 Å². The van der Waals surface area contributed by atoms with Crippen LogP contribution in [0.3, 0.4) is 0 Å². The van der Waals surface area contributed by atoms with E-state index in [1.54, 1.807) is 0 Å². The van der Waals surface area contributed by atoms with E-state index in [4.69, 9.17) is 0 Å². The number of rotatable bonds is 7. The van der Waals surface area contributed by atoms with Gasteiger partial charge >= 0.3 is 0 Å². The summed E-state index contributed by atoms with van der Waals surface area (Å²) in [6.07, 6.45) is 11.7. The number of nitrogens with zero attached hydrogens (tertiary/aromatic N) is 1. The fraction of sp³-hybridized carbons (Fsp3) is 1.00. The van der Waals surface area contributed by atoms with E-state index in [1.165, 1.54) is 71.0 Å². The average molecular weight is 278 g/mol. The summed E-state index contributed by atoms with van der Waals surface area (Å²) in [4.78, 5) is 2.77. The first kappa shape index (κ1) is 14.8. The van der Waals surface area contributed by atoms with E-state index < -0.39 is 0 Å². The maximum absolute atomic E-state index is 3.91. The SMILES string of the molecule is CCC(C)N1CC(CC2CC2)CC(NCC2CCC2)C1. The van der Waals surface area contributed by atoms with Crippen LogP contribution in [0.2, 0.25) is 0 Å². The van der Waals surface area contributed by atoms with E-state index in [9.17, 15) is 0 Å². The Bertz CT molecular complexity index is 296. The highest BCUT2D eigenvalue weighted by Gasteiger charge is 2.33. The minimum Gasteiger partial charge on any atom is -0.312 e. The standard InChI is InChI=1S/C18H34N2/c1-3-14(2)20-12-17(9-15-7-8-15)10-18(13-20)19-11-16-5-4-6-16/h14-19H,3-13H2,1-2H3. The van der Waals surface area contributed by atoms with Gasteiger partial charge in [-0.2, -0.15) is 0 Å². The zero-order valence-electron chi connectivity index (χ0n) is 13.6. The van der Waals surface area contributed by atoms with Crippen molar-refractivity contribution in [2.45, 2.75) is 77.3 Å². The smallest absolute Gasteiger partial charge is 0.0198 e. The fourth-order valence-corrected chi connectivity index (χ4v) is 4.03. The molecule has 1 heterocycles. The third-order valence-electron chi connectivity index (χ3n) is 6.06. The van der Waals surface area contributed by atoms with E-state index in [2.05, 4.69) is 24.1 Å². The molecule has 3 fully saturated rings. The lowest BCUT2D eigenvalue weighted by atomic mass is 9.84. The zero-order valence-corrected chi connectivity index (χ0v) is 13.6. The second kappa shape index (κ2) is 6.79. The Kier molecular flexibility index (Phi) is 5.04.